The Kier molecular flexibility index (Phi) is 9.47. The minimum atomic E-state index is -2.82. The maximum atomic E-state index is 13.0. The van der Waals surface area contributed by atoms with E-state index in [1.54, 1.807) is 15.5 Å². The lowest BCUT2D eigenvalue weighted by atomic mass is 10.1. The maximum Gasteiger partial charge on any atom is 0.280 e. The van der Waals surface area contributed by atoms with Crippen molar-refractivity contribution in [2.24, 2.45) is 0 Å². The topological polar surface area (TPSA) is 110 Å². The van der Waals surface area contributed by atoms with Gasteiger partial charge < -0.3 is 19.3 Å². The average molecular weight is 562 g/mol. The summed E-state index contributed by atoms with van der Waals surface area (Å²) in [5.74, 6) is -0.904. The number of nitrogens with zero attached hydrogens (tertiary/aromatic N) is 4. The Bertz CT molecular complexity index is 1340. The molecule has 2 aromatic heterocycles. The van der Waals surface area contributed by atoms with Crippen molar-refractivity contribution in [3.8, 4) is 5.75 Å². The van der Waals surface area contributed by atoms with E-state index in [0.717, 1.165) is 38.3 Å². The summed E-state index contributed by atoms with van der Waals surface area (Å²) in [6.45, 7) is 6.43. The number of phenolic OH excluding ortho intramolecular Hbond substituents is 1. The van der Waals surface area contributed by atoms with Gasteiger partial charge in [-0.15, -0.1) is 0 Å². The molecule has 0 aliphatic carbocycles. The van der Waals surface area contributed by atoms with E-state index in [1.165, 1.54) is 31.1 Å². The highest BCUT2D eigenvalue weighted by Crippen LogP contribution is 2.38. The number of rotatable bonds is 5. The molecule has 0 bridgehead atoms. The number of carbonyl (C=O) groups is 2. The van der Waals surface area contributed by atoms with Gasteiger partial charge in [0.05, 0.1) is 17.1 Å². The van der Waals surface area contributed by atoms with Crippen LogP contribution in [0.1, 0.15) is 60.6 Å². The number of amides is 2. The summed E-state index contributed by atoms with van der Waals surface area (Å²) in [6, 6.07) is 4.98. The van der Waals surface area contributed by atoms with Gasteiger partial charge in [0, 0.05) is 38.1 Å². The molecule has 1 aromatic carbocycles. The van der Waals surface area contributed by atoms with Crippen LogP contribution < -0.4 is 5.32 Å². The van der Waals surface area contributed by atoms with E-state index in [4.69, 9.17) is 16.3 Å². The number of alkyl halides is 2. The minimum absolute atomic E-state index is 0.0119. The Morgan fingerprint density at radius 2 is 1.97 bits per heavy atom. The van der Waals surface area contributed by atoms with Gasteiger partial charge >= 0.3 is 0 Å². The van der Waals surface area contributed by atoms with Gasteiger partial charge in [0.25, 0.3) is 12.3 Å². The molecule has 2 aliphatic rings. The number of carbonyl (C=O) groups excluding carboxylic acids is 2. The number of nitrogens with one attached hydrogen (secondary N) is 1. The van der Waals surface area contributed by atoms with Crippen molar-refractivity contribution < 1.29 is 28.2 Å². The second kappa shape index (κ2) is 13.0. The molecule has 2 N–H and O–H groups in total. The van der Waals surface area contributed by atoms with Crippen molar-refractivity contribution >= 4 is 40.4 Å². The van der Waals surface area contributed by atoms with Crippen LogP contribution in [0.15, 0.2) is 43.1 Å². The molecule has 1 atom stereocenters. The lowest BCUT2D eigenvalue weighted by Gasteiger charge is -2.26. The SMILES string of the molecule is C1CCOC1.C=CC(=O)N1CCCCC(n2c(NC(=O)c3ccnc(C(F)F)c3)nc3ccc(O)c(Cl)c32)C1. The summed E-state index contributed by atoms with van der Waals surface area (Å²) < 4.78 is 32.7. The summed E-state index contributed by atoms with van der Waals surface area (Å²) >= 11 is 6.43. The first-order valence-electron chi connectivity index (χ1n) is 12.7. The van der Waals surface area contributed by atoms with Gasteiger partial charge in [-0.25, -0.2) is 13.8 Å². The number of imidazole rings is 1. The van der Waals surface area contributed by atoms with Crippen LogP contribution in [-0.4, -0.2) is 62.7 Å². The Morgan fingerprint density at radius 3 is 2.64 bits per heavy atom. The summed E-state index contributed by atoms with van der Waals surface area (Å²) in [6.07, 6.45) is 4.37. The number of benzene rings is 1. The summed E-state index contributed by atoms with van der Waals surface area (Å²) in [5.41, 5.74) is 0.295. The molecule has 0 spiro atoms. The van der Waals surface area contributed by atoms with Gasteiger partial charge in [0.1, 0.15) is 16.5 Å². The molecular formula is C27H30ClF2N5O4. The average Bonchev–Trinajstić information content (AvgIpc) is 3.58. The van der Waals surface area contributed by atoms with Gasteiger partial charge in [0.15, 0.2) is 0 Å². The molecule has 2 saturated heterocycles. The summed E-state index contributed by atoms with van der Waals surface area (Å²) in [4.78, 5) is 35.0. The number of ether oxygens (including phenoxy) is 1. The van der Waals surface area contributed by atoms with Crippen LogP contribution in [0.3, 0.4) is 0 Å². The zero-order valence-electron chi connectivity index (χ0n) is 21.3. The fraction of sp³-hybridized carbons (Fsp3) is 0.407. The fourth-order valence-electron chi connectivity index (χ4n) is 4.63. The van der Waals surface area contributed by atoms with Crippen molar-refractivity contribution in [1.29, 1.82) is 0 Å². The van der Waals surface area contributed by atoms with E-state index in [0.29, 0.717) is 30.5 Å². The molecule has 12 heteroatoms. The molecule has 1 unspecified atom stereocenters. The zero-order chi connectivity index (χ0) is 27.9. The van der Waals surface area contributed by atoms with Crippen LogP contribution >= 0.6 is 11.6 Å². The molecule has 39 heavy (non-hydrogen) atoms. The largest absolute Gasteiger partial charge is 0.506 e. The molecule has 2 fully saturated rings. The van der Waals surface area contributed by atoms with Crippen molar-refractivity contribution in [3.63, 3.8) is 0 Å². The van der Waals surface area contributed by atoms with Crippen LogP contribution in [0.2, 0.25) is 5.02 Å². The molecule has 3 aromatic rings. The van der Waals surface area contributed by atoms with E-state index >= 15 is 0 Å². The highest BCUT2D eigenvalue weighted by atomic mass is 35.5. The first kappa shape index (κ1) is 28.4. The van der Waals surface area contributed by atoms with Crippen LogP contribution in [0.25, 0.3) is 11.0 Å². The smallest absolute Gasteiger partial charge is 0.280 e. The molecule has 2 amide bonds. The highest BCUT2D eigenvalue weighted by molar-refractivity contribution is 6.36. The van der Waals surface area contributed by atoms with Crippen LogP contribution in [0.5, 0.6) is 5.75 Å². The molecule has 208 valence electrons. The Hall–Kier alpha value is -3.57. The highest BCUT2D eigenvalue weighted by Gasteiger charge is 2.28. The van der Waals surface area contributed by atoms with Gasteiger partial charge in [-0.1, -0.05) is 18.2 Å². The van der Waals surface area contributed by atoms with E-state index < -0.39 is 18.0 Å². The molecule has 0 radical (unpaired) electrons. The fourth-order valence-corrected chi connectivity index (χ4v) is 4.88. The van der Waals surface area contributed by atoms with Crippen molar-refractivity contribution in [3.05, 3.63) is 59.4 Å². The molecule has 4 heterocycles. The molecule has 2 aliphatic heterocycles. The molecule has 0 saturated carbocycles. The maximum absolute atomic E-state index is 13.0. The van der Waals surface area contributed by atoms with Crippen LogP contribution in [-0.2, 0) is 9.53 Å². The van der Waals surface area contributed by atoms with E-state index in [1.807, 2.05) is 0 Å². The van der Waals surface area contributed by atoms with Crippen molar-refractivity contribution in [1.82, 2.24) is 19.4 Å². The number of pyridine rings is 1. The van der Waals surface area contributed by atoms with Crippen molar-refractivity contribution in [2.75, 3.05) is 31.6 Å². The number of aromatic hydroxyl groups is 1. The van der Waals surface area contributed by atoms with Gasteiger partial charge in [0.2, 0.25) is 11.9 Å². The number of hydrogen-bond acceptors (Lipinski definition) is 6. The van der Waals surface area contributed by atoms with Gasteiger partial charge in [-0.2, -0.15) is 0 Å². The standard InChI is InChI=1S/C23H22ClF2N5O3.C4H8O/c1-2-18(33)30-10-4-3-5-14(12-30)31-20-15(6-7-17(32)19(20)24)28-23(31)29-22(34)13-8-9-27-16(11-13)21(25)26;1-2-4-5-3-1/h2,6-9,11,14,21,32H,1,3-5,10,12H2,(H,28,29,34);1-4H2. The predicted octanol–water partition coefficient (Wildman–Crippen LogP) is 5.52. The van der Waals surface area contributed by atoms with Crippen LogP contribution in [0, 0.1) is 0 Å². The summed E-state index contributed by atoms with van der Waals surface area (Å²) in [7, 11) is 0. The molecule has 5 rings (SSSR count). The lowest BCUT2D eigenvalue weighted by molar-refractivity contribution is -0.126. The number of hydrogen-bond donors (Lipinski definition) is 2. The lowest BCUT2D eigenvalue weighted by Crippen LogP contribution is -2.34. The number of likely N-dealkylation sites (tertiary alicyclic amines) is 1. The quantitative estimate of drug-likeness (QED) is 0.397. The number of aromatic nitrogens is 3. The molecular weight excluding hydrogens is 532 g/mol. The second-order valence-corrected chi connectivity index (χ2v) is 9.63. The minimum Gasteiger partial charge on any atom is -0.506 e. The first-order chi connectivity index (χ1) is 18.8. The number of phenols is 1. The number of halogens is 3. The van der Waals surface area contributed by atoms with Gasteiger partial charge in [-0.05, 0) is 62.4 Å². The third-order valence-electron chi connectivity index (χ3n) is 6.59. The Morgan fingerprint density at radius 1 is 1.21 bits per heavy atom. The second-order valence-electron chi connectivity index (χ2n) is 9.25. The van der Waals surface area contributed by atoms with E-state index in [-0.39, 0.29) is 34.2 Å². The molecule has 9 nitrogen and oxygen atoms in total. The van der Waals surface area contributed by atoms with E-state index in [2.05, 4.69) is 21.9 Å². The third kappa shape index (κ3) is 6.72. The Balaban J connectivity index is 0.000000634. The monoisotopic (exact) mass is 561 g/mol. The van der Waals surface area contributed by atoms with E-state index in [9.17, 15) is 23.5 Å². The normalized spacial score (nSPS) is 17.4. The zero-order valence-corrected chi connectivity index (χ0v) is 22.0. The number of anilines is 1. The summed E-state index contributed by atoms with van der Waals surface area (Å²) in [5, 5.41) is 12.9. The predicted molar refractivity (Wildman–Crippen MR) is 143 cm³/mol. The van der Waals surface area contributed by atoms with Crippen LogP contribution in [0.4, 0.5) is 14.7 Å². The number of fused-ring (bicyclic) bond motifs is 1. The Labute approximate surface area is 229 Å². The van der Waals surface area contributed by atoms with Crippen molar-refractivity contribution in [2.45, 2.75) is 44.6 Å². The third-order valence-corrected chi connectivity index (χ3v) is 6.96. The first-order valence-corrected chi connectivity index (χ1v) is 13.1. The van der Waals surface area contributed by atoms with Gasteiger partial charge in [-0.3, -0.25) is 19.9 Å².